The van der Waals surface area contributed by atoms with Crippen molar-refractivity contribution in [1.82, 2.24) is 9.78 Å². The van der Waals surface area contributed by atoms with E-state index in [0.717, 1.165) is 24.3 Å². The Morgan fingerprint density at radius 3 is 3.00 bits per heavy atom. The number of hydrogen-bond acceptors (Lipinski definition) is 3. The topological polar surface area (TPSA) is 59.0 Å². The monoisotopic (exact) mass is 256 g/mol. The highest BCUT2D eigenvalue weighted by atomic mass is 16.1. The van der Waals surface area contributed by atoms with Gasteiger partial charge >= 0.3 is 0 Å². The van der Waals surface area contributed by atoms with Crippen LogP contribution in [0.1, 0.15) is 21.6 Å². The van der Waals surface area contributed by atoms with Crippen molar-refractivity contribution in [2.75, 3.05) is 17.2 Å². The molecule has 0 fully saturated rings. The molecule has 2 heterocycles. The fourth-order valence-corrected chi connectivity index (χ4v) is 2.36. The number of nitrogens with zero attached hydrogens (tertiary/aromatic N) is 2. The molecule has 0 saturated heterocycles. The number of amides is 1. The summed E-state index contributed by atoms with van der Waals surface area (Å²) < 4.78 is 1.67. The Hall–Kier alpha value is -2.30. The van der Waals surface area contributed by atoms with Gasteiger partial charge in [-0.05, 0) is 37.1 Å². The molecule has 1 amide bonds. The van der Waals surface area contributed by atoms with Crippen LogP contribution in [0.2, 0.25) is 0 Å². The molecule has 0 saturated carbocycles. The molecule has 98 valence electrons. The lowest BCUT2D eigenvalue weighted by Crippen LogP contribution is -2.14. The van der Waals surface area contributed by atoms with Crippen molar-refractivity contribution in [3.63, 3.8) is 0 Å². The fourth-order valence-electron chi connectivity index (χ4n) is 2.36. The van der Waals surface area contributed by atoms with Gasteiger partial charge in [-0.2, -0.15) is 5.10 Å². The van der Waals surface area contributed by atoms with Gasteiger partial charge in [0.1, 0.15) is 5.82 Å². The molecular formula is C14H16N4O. The highest BCUT2D eigenvalue weighted by molar-refractivity contribution is 6.04. The Labute approximate surface area is 111 Å². The van der Waals surface area contributed by atoms with E-state index in [0.29, 0.717) is 11.4 Å². The van der Waals surface area contributed by atoms with Gasteiger partial charge < -0.3 is 10.6 Å². The number of hydrogen-bond donors (Lipinski definition) is 2. The molecule has 5 heteroatoms. The van der Waals surface area contributed by atoms with Gasteiger partial charge in [-0.15, -0.1) is 0 Å². The summed E-state index contributed by atoms with van der Waals surface area (Å²) in [5, 5.41) is 10.4. The Morgan fingerprint density at radius 2 is 2.26 bits per heavy atom. The lowest BCUT2D eigenvalue weighted by Gasteiger charge is -2.06. The van der Waals surface area contributed by atoms with Crippen molar-refractivity contribution < 1.29 is 4.79 Å². The van der Waals surface area contributed by atoms with Gasteiger partial charge in [0, 0.05) is 30.9 Å². The largest absolute Gasteiger partial charge is 0.384 e. The van der Waals surface area contributed by atoms with E-state index >= 15 is 0 Å². The predicted molar refractivity (Wildman–Crippen MR) is 74.5 cm³/mol. The van der Waals surface area contributed by atoms with Gasteiger partial charge in [-0.3, -0.25) is 9.48 Å². The first kappa shape index (κ1) is 11.8. The standard InChI is InChI=1S/C14H16N4O/c1-9-7-13(18(2)17-9)16-14(19)11-3-4-12-10(8-11)5-6-15-12/h3-4,7-8,15H,5-6H2,1-2H3,(H,16,19). The summed E-state index contributed by atoms with van der Waals surface area (Å²) in [5.74, 6) is 0.610. The molecule has 3 rings (SSSR count). The predicted octanol–water partition coefficient (Wildman–Crippen LogP) is 1.95. The second-order valence-electron chi connectivity index (χ2n) is 4.80. The average Bonchev–Trinajstić information content (AvgIpc) is 2.95. The number of nitrogens with one attached hydrogen (secondary N) is 2. The van der Waals surface area contributed by atoms with Gasteiger partial charge in [-0.1, -0.05) is 0 Å². The number of fused-ring (bicyclic) bond motifs is 1. The average molecular weight is 256 g/mol. The molecule has 1 aromatic carbocycles. The normalized spacial score (nSPS) is 12.9. The lowest BCUT2D eigenvalue weighted by atomic mass is 10.1. The molecule has 5 nitrogen and oxygen atoms in total. The summed E-state index contributed by atoms with van der Waals surface area (Å²) >= 11 is 0. The first-order chi connectivity index (χ1) is 9.13. The summed E-state index contributed by atoms with van der Waals surface area (Å²) in [6, 6.07) is 7.61. The zero-order chi connectivity index (χ0) is 13.4. The van der Waals surface area contributed by atoms with E-state index in [1.807, 2.05) is 38.2 Å². The van der Waals surface area contributed by atoms with Crippen LogP contribution in [-0.4, -0.2) is 22.2 Å². The first-order valence-corrected chi connectivity index (χ1v) is 6.32. The van der Waals surface area contributed by atoms with Crippen molar-refractivity contribution in [3.05, 3.63) is 41.1 Å². The minimum absolute atomic E-state index is 0.0994. The number of aromatic nitrogens is 2. The minimum atomic E-state index is -0.0994. The molecular weight excluding hydrogens is 240 g/mol. The molecule has 2 N–H and O–H groups in total. The van der Waals surface area contributed by atoms with Crippen LogP contribution in [0.5, 0.6) is 0 Å². The van der Waals surface area contributed by atoms with E-state index in [1.165, 1.54) is 5.56 Å². The van der Waals surface area contributed by atoms with Gasteiger partial charge in [0.15, 0.2) is 0 Å². The van der Waals surface area contributed by atoms with Crippen LogP contribution < -0.4 is 10.6 Å². The van der Waals surface area contributed by atoms with E-state index < -0.39 is 0 Å². The fraction of sp³-hybridized carbons (Fsp3) is 0.286. The van der Waals surface area contributed by atoms with Gasteiger partial charge in [-0.25, -0.2) is 0 Å². The zero-order valence-electron chi connectivity index (χ0n) is 11.0. The minimum Gasteiger partial charge on any atom is -0.384 e. The molecule has 2 aromatic rings. The summed E-state index contributed by atoms with van der Waals surface area (Å²) in [6.45, 7) is 2.85. The van der Waals surface area contributed by atoms with Crippen molar-refractivity contribution >= 4 is 17.4 Å². The Balaban J connectivity index is 1.82. The number of benzene rings is 1. The third kappa shape index (κ3) is 2.19. The molecule has 0 bridgehead atoms. The highest BCUT2D eigenvalue weighted by Gasteiger charge is 2.14. The maximum Gasteiger partial charge on any atom is 0.256 e. The lowest BCUT2D eigenvalue weighted by molar-refractivity contribution is 0.102. The number of carbonyl (C=O) groups is 1. The summed E-state index contributed by atoms with van der Waals surface area (Å²) in [6.07, 6.45) is 0.973. The van der Waals surface area contributed by atoms with Crippen molar-refractivity contribution in [2.24, 2.45) is 7.05 Å². The molecule has 1 aliphatic heterocycles. The SMILES string of the molecule is Cc1cc(NC(=O)c2ccc3c(c2)CCN3)n(C)n1. The molecule has 0 radical (unpaired) electrons. The zero-order valence-corrected chi connectivity index (χ0v) is 11.0. The Bertz CT molecular complexity index is 645. The van der Waals surface area contributed by atoms with Crippen LogP contribution in [0, 0.1) is 6.92 Å². The third-order valence-corrected chi connectivity index (χ3v) is 3.32. The quantitative estimate of drug-likeness (QED) is 0.863. The number of rotatable bonds is 2. The Morgan fingerprint density at radius 1 is 1.42 bits per heavy atom. The summed E-state index contributed by atoms with van der Waals surface area (Å²) in [4.78, 5) is 12.2. The third-order valence-electron chi connectivity index (χ3n) is 3.32. The van der Waals surface area contributed by atoms with Crippen LogP contribution in [0.3, 0.4) is 0 Å². The van der Waals surface area contributed by atoms with Gasteiger partial charge in [0.25, 0.3) is 5.91 Å². The van der Waals surface area contributed by atoms with E-state index in [9.17, 15) is 4.79 Å². The molecule has 0 spiro atoms. The number of carbonyl (C=O) groups excluding carboxylic acids is 1. The van der Waals surface area contributed by atoms with E-state index in [-0.39, 0.29) is 5.91 Å². The molecule has 1 aromatic heterocycles. The van der Waals surface area contributed by atoms with Crippen LogP contribution in [0.15, 0.2) is 24.3 Å². The number of anilines is 2. The maximum absolute atomic E-state index is 12.2. The molecule has 19 heavy (non-hydrogen) atoms. The smallest absolute Gasteiger partial charge is 0.256 e. The Kier molecular flexibility index (Phi) is 2.74. The molecule has 0 atom stereocenters. The van der Waals surface area contributed by atoms with Gasteiger partial charge in [0.2, 0.25) is 0 Å². The van der Waals surface area contributed by atoms with Gasteiger partial charge in [0.05, 0.1) is 5.69 Å². The van der Waals surface area contributed by atoms with Crippen molar-refractivity contribution in [2.45, 2.75) is 13.3 Å². The molecule has 0 aliphatic carbocycles. The van der Waals surface area contributed by atoms with Crippen LogP contribution >= 0.6 is 0 Å². The van der Waals surface area contributed by atoms with Crippen molar-refractivity contribution in [3.8, 4) is 0 Å². The molecule has 1 aliphatic rings. The second kappa shape index (κ2) is 4.42. The first-order valence-electron chi connectivity index (χ1n) is 6.32. The summed E-state index contributed by atoms with van der Waals surface area (Å²) in [5.41, 5.74) is 3.90. The highest BCUT2D eigenvalue weighted by Crippen LogP contribution is 2.23. The maximum atomic E-state index is 12.2. The van der Waals surface area contributed by atoms with E-state index in [2.05, 4.69) is 15.7 Å². The summed E-state index contributed by atoms with van der Waals surface area (Å²) in [7, 11) is 1.81. The van der Waals surface area contributed by atoms with Crippen LogP contribution in [0.25, 0.3) is 0 Å². The van der Waals surface area contributed by atoms with Crippen LogP contribution in [-0.2, 0) is 13.5 Å². The second-order valence-corrected chi connectivity index (χ2v) is 4.80. The molecule has 0 unspecified atom stereocenters. The van der Waals surface area contributed by atoms with Crippen molar-refractivity contribution in [1.29, 1.82) is 0 Å². The van der Waals surface area contributed by atoms with E-state index in [1.54, 1.807) is 4.68 Å². The van der Waals surface area contributed by atoms with E-state index in [4.69, 9.17) is 0 Å². The van der Waals surface area contributed by atoms with Crippen LogP contribution in [0.4, 0.5) is 11.5 Å². The number of aryl methyl sites for hydroxylation is 2.